The number of hydrogen-bond donors (Lipinski definition) is 0. The van der Waals surface area contributed by atoms with Gasteiger partial charge >= 0.3 is 0 Å². The van der Waals surface area contributed by atoms with Gasteiger partial charge in [-0.3, -0.25) is 0 Å². The fourth-order valence-corrected chi connectivity index (χ4v) is 15.4. The molecule has 1 aromatic heterocycles. The van der Waals surface area contributed by atoms with Crippen molar-refractivity contribution in [2.75, 3.05) is 9.80 Å². The molecule has 3 nitrogen and oxygen atoms in total. The maximum absolute atomic E-state index is 2.70. The van der Waals surface area contributed by atoms with Gasteiger partial charge in [-0.1, -0.05) is 288 Å². The molecule has 16 aromatic rings. The van der Waals surface area contributed by atoms with Crippen LogP contribution < -0.4 is 26.2 Å². The van der Waals surface area contributed by atoms with Crippen molar-refractivity contribution in [3.8, 4) is 61.3 Å². The Morgan fingerprint density at radius 1 is 0.289 bits per heavy atom. The molecule has 0 unspecified atom stereocenters. The second kappa shape index (κ2) is 20.2. The van der Waals surface area contributed by atoms with Gasteiger partial charge in [0.05, 0.1) is 22.4 Å². The highest BCUT2D eigenvalue weighted by atomic mass is 15.2. The first-order valence-electron chi connectivity index (χ1n) is 31.5. The predicted molar refractivity (Wildman–Crippen MR) is 384 cm³/mol. The summed E-state index contributed by atoms with van der Waals surface area (Å²) >= 11 is 0. The van der Waals surface area contributed by atoms with Gasteiger partial charge in [-0.15, -0.1) is 0 Å². The molecule has 0 aliphatic carbocycles. The van der Waals surface area contributed by atoms with E-state index in [-0.39, 0.29) is 12.1 Å². The first kappa shape index (κ1) is 52.0. The van der Waals surface area contributed by atoms with Crippen LogP contribution in [-0.2, 0) is 5.41 Å². The summed E-state index contributed by atoms with van der Waals surface area (Å²) in [6, 6.07) is 116. The fraction of sp³-hybridized carbons (Fsp3) is 0.0465. The number of benzene rings is 15. The predicted octanol–water partition coefficient (Wildman–Crippen LogP) is 21.4. The van der Waals surface area contributed by atoms with Gasteiger partial charge in [0, 0.05) is 61.5 Å². The number of anilines is 6. The third-order valence-electron chi connectivity index (χ3n) is 19.5. The summed E-state index contributed by atoms with van der Waals surface area (Å²) < 4.78 is 2.49. The number of hydrogen-bond acceptors (Lipinski definition) is 2. The van der Waals surface area contributed by atoms with Gasteiger partial charge in [-0.25, -0.2) is 0 Å². The average molecular weight is 1150 g/mol. The molecule has 0 saturated heterocycles. The van der Waals surface area contributed by atoms with Crippen LogP contribution >= 0.6 is 0 Å². The molecule has 0 bridgehead atoms. The summed E-state index contributed by atoms with van der Waals surface area (Å²) in [6.07, 6.45) is 0. The van der Waals surface area contributed by atoms with E-state index in [0.717, 1.165) is 72.9 Å². The second-order valence-corrected chi connectivity index (χ2v) is 25.5. The lowest BCUT2D eigenvalue weighted by atomic mass is 9.33. The van der Waals surface area contributed by atoms with Crippen LogP contribution in [0, 0.1) is 0 Å². The fourth-order valence-electron chi connectivity index (χ4n) is 15.4. The molecule has 2 aliphatic heterocycles. The van der Waals surface area contributed by atoms with Crippen LogP contribution in [-0.4, -0.2) is 11.3 Å². The Balaban J connectivity index is 1.00. The molecule has 18 rings (SSSR count). The Hall–Kier alpha value is -11.2. The Labute approximate surface area is 525 Å². The largest absolute Gasteiger partial charge is 0.310 e. The van der Waals surface area contributed by atoms with Crippen molar-refractivity contribution < 1.29 is 0 Å². The highest BCUT2D eigenvalue weighted by Crippen LogP contribution is 2.54. The van der Waals surface area contributed by atoms with Crippen molar-refractivity contribution in [2.45, 2.75) is 26.2 Å². The van der Waals surface area contributed by atoms with E-state index in [2.05, 4.69) is 345 Å². The maximum Gasteiger partial charge on any atom is 0.252 e. The molecule has 0 saturated carbocycles. The number of rotatable bonds is 8. The molecular weight excluding hydrogens is 1090 g/mol. The van der Waals surface area contributed by atoms with Crippen LogP contribution in [0.5, 0.6) is 0 Å². The molecule has 0 amide bonds. The third kappa shape index (κ3) is 7.94. The average Bonchev–Trinajstić information content (AvgIpc) is 0.789. The Morgan fingerprint density at radius 2 is 0.711 bits per heavy atom. The van der Waals surface area contributed by atoms with Gasteiger partial charge in [-0.05, 0) is 136 Å². The van der Waals surface area contributed by atoms with Gasteiger partial charge in [-0.2, -0.15) is 0 Å². The minimum atomic E-state index is -0.282. The summed E-state index contributed by atoms with van der Waals surface area (Å²) in [6.45, 7) is 6.97. The number of fused-ring (bicyclic) bond motifs is 7. The van der Waals surface area contributed by atoms with Crippen molar-refractivity contribution in [3.63, 3.8) is 0 Å². The zero-order valence-corrected chi connectivity index (χ0v) is 50.4. The van der Waals surface area contributed by atoms with E-state index in [9.17, 15) is 0 Å². The summed E-state index contributed by atoms with van der Waals surface area (Å²) in [7, 11) is 0. The Bertz CT molecular complexity index is 5340. The molecule has 2 aliphatic rings. The van der Waals surface area contributed by atoms with Crippen LogP contribution in [0.15, 0.2) is 309 Å². The van der Waals surface area contributed by atoms with E-state index in [0.29, 0.717) is 0 Å². The van der Waals surface area contributed by atoms with E-state index in [4.69, 9.17) is 0 Å². The van der Waals surface area contributed by atoms with Crippen LogP contribution in [0.3, 0.4) is 0 Å². The van der Waals surface area contributed by atoms with E-state index < -0.39 is 0 Å². The zero-order chi connectivity index (χ0) is 59.8. The van der Waals surface area contributed by atoms with E-state index in [1.807, 2.05) is 0 Å². The molecule has 4 heteroatoms. The van der Waals surface area contributed by atoms with Crippen molar-refractivity contribution in [2.24, 2.45) is 0 Å². The van der Waals surface area contributed by atoms with Crippen molar-refractivity contribution in [1.29, 1.82) is 0 Å². The van der Waals surface area contributed by atoms with Crippen LogP contribution in [0.1, 0.15) is 26.3 Å². The monoisotopic (exact) mass is 1150 g/mol. The van der Waals surface area contributed by atoms with E-state index in [1.54, 1.807) is 0 Å². The van der Waals surface area contributed by atoms with Gasteiger partial charge in [0.25, 0.3) is 6.71 Å². The highest BCUT2D eigenvalue weighted by molar-refractivity contribution is 7.00. The SMILES string of the molecule is CC(C)(C)c1cc2c3c(c1)N(c1c(-c4ccccc4)cccc1-c1ccccc1)c1cc(-n4c5ccccc5c5ccccc54)ccc1B3c1ccc(-c3ccc4ccc5cccc6ccc3c4c56)cc1N2c1c(-c2ccccc2)cccc1-c1ccccc1. The van der Waals surface area contributed by atoms with Crippen molar-refractivity contribution in [1.82, 2.24) is 4.57 Å². The smallest absolute Gasteiger partial charge is 0.252 e. The quantitative estimate of drug-likeness (QED) is 0.111. The van der Waals surface area contributed by atoms with E-state index >= 15 is 0 Å². The van der Waals surface area contributed by atoms with Gasteiger partial charge in [0.15, 0.2) is 0 Å². The topological polar surface area (TPSA) is 11.4 Å². The Kier molecular flexibility index (Phi) is 11.7. The summed E-state index contributed by atoms with van der Waals surface area (Å²) in [5, 5.41) is 10.2. The van der Waals surface area contributed by atoms with Gasteiger partial charge in [0.1, 0.15) is 0 Å². The zero-order valence-electron chi connectivity index (χ0n) is 50.4. The van der Waals surface area contributed by atoms with Crippen LogP contribution in [0.25, 0.3) is 115 Å². The molecular formula is C86H60BN3. The molecule has 15 aromatic carbocycles. The molecule has 0 atom stereocenters. The lowest BCUT2D eigenvalue weighted by Gasteiger charge is -2.46. The first-order chi connectivity index (χ1) is 44.3. The molecule has 0 fully saturated rings. The Morgan fingerprint density at radius 3 is 1.21 bits per heavy atom. The minimum absolute atomic E-state index is 0.183. The van der Waals surface area contributed by atoms with E-state index in [1.165, 1.54) is 98.6 Å². The number of aromatic nitrogens is 1. The molecule has 0 spiro atoms. The lowest BCUT2D eigenvalue weighted by Crippen LogP contribution is -2.61. The first-order valence-corrected chi connectivity index (χ1v) is 31.5. The molecule has 422 valence electrons. The van der Waals surface area contributed by atoms with Crippen molar-refractivity contribution in [3.05, 3.63) is 315 Å². The summed E-state index contributed by atoms with van der Waals surface area (Å²) in [4.78, 5) is 5.38. The van der Waals surface area contributed by atoms with Gasteiger partial charge < -0.3 is 14.4 Å². The highest BCUT2D eigenvalue weighted by Gasteiger charge is 2.46. The number of para-hydroxylation sites is 4. The molecule has 90 heavy (non-hydrogen) atoms. The van der Waals surface area contributed by atoms with Gasteiger partial charge in [0.2, 0.25) is 0 Å². The van der Waals surface area contributed by atoms with Crippen molar-refractivity contribution >= 4 is 111 Å². The minimum Gasteiger partial charge on any atom is -0.310 e. The second-order valence-electron chi connectivity index (χ2n) is 25.5. The van der Waals surface area contributed by atoms with Crippen LogP contribution in [0.2, 0.25) is 0 Å². The molecule has 0 radical (unpaired) electrons. The standard InChI is InChI=1S/C86H60BN3/c1-86(2,3)63-52-79-83-80(53-63)90(85-68(57-27-12-6-13-28-57)37-22-38-69(85)58-29-14-7-15-30-58)78-54-64(88-75-39-18-16-33-70(75)71-34-17-19-40-76(71)88)46-50-74(78)87(83)73-49-45-62(65-47-43-61-42-41-59-31-20-32-60-44-48-72(65)82(61)81(59)60)51-77(73)89(79)84-66(55-23-8-4-9-24-55)35-21-36-67(84)56-25-10-5-11-26-56/h4-54H,1-3H3. The van der Waals surface area contributed by atoms with Crippen LogP contribution in [0.4, 0.5) is 34.1 Å². The molecule has 0 N–H and O–H groups in total. The summed E-state index contributed by atoms with van der Waals surface area (Å²) in [5.41, 5.74) is 26.8. The summed E-state index contributed by atoms with van der Waals surface area (Å²) in [5.74, 6) is 0. The number of nitrogens with zero attached hydrogens (tertiary/aromatic N) is 3. The maximum atomic E-state index is 2.70. The normalized spacial score (nSPS) is 12.8. The lowest BCUT2D eigenvalue weighted by molar-refractivity contribution is 0.590. The third-order valence-corrected chi connectivity index (χ3v) is 19.5. The molecule has 3 heterocycles.